The zero-order chi connectivity index (χ0) is 28.5. The maximum Gasteiger partial charge on any atom is 0.243 e. The maximum atomic E-state index is 13.8. The summed E-state index contributed by atoms with van der Waals surface area (Å²) in [4.78, 5) is 29.2. The van der Waals surface area contributed by atoms with Gasteiger partial charge < -0.3 is 10.2 Å². The van der Waals surface area contributed by atoms with Gasteiger partial charge in [0.25, 0.3) is 0 Å². The molecule has 1 aliphatic rings. The van der Waals surface area contributed by atoms with E-state index in [1.54, 1.807) is 29.2 Å². The van der Waals surface area contributed by atoms with E-state index in [0.29, 0.717) is 25.9 Å². The Kier molecular flexibility index (Phi) is 10.1. The third-order valence-corrected chi connectivity index (χ3v) is 8.45. The molecule has 1 saturated carbocycles. The number of aryl methyl sites for hydroxylation is 1. The first-order valence-electron chi connectivity index (χ1n) is 14.0. The predicted octanol–water partition coefficient (Wildman–Crippen LogP) is 4.47. The van der Waals surface area contributed by atoms with Gasteiger partial charge in [-0.3, -0.25) is 9.59 Å². The average Bonchev–Trinajstić information content (AvgIpc) is 3.77. The van der Waals surface area contributed by atoms with Crippen LogP contribution in [0.2, 0.25) is 0 Å². The second kappa shape index (κ2) is 13.7. The number of hydrogen-bond acceptors (Lipinski definition) is 4. The molecule has 0 saturated heterocycles. The van der Waals surface area contributed by atoms with E-state index in [2.05, 4.69) is 10.0 Å². The molecule has 7 nitrogen and oxygen atoms in total. The Morgan fingerprint density at radius 2 is 1.45 bits per heavy atom. The zero-order valence-electron chi connectivity index (χ0n) is 23.3. The number of nitrogens with one attached hydrogen (secondary N) is 2. The molecule has 2 amide bonds. The second-order valence-electron chi connectivity index (χ2n) is 10.9. The van der Waals surface area contributed by atoms with Crippen molar-refractivity contribution >= 4 is 21.8 Å². The summed E-state index contributed by atoms with van der Waals surface area (Å²) < 4.78 is 27.7. The first kappa shape index (κ1) is 29.5. The van der Waals surface area contributed by atoms with E-state index >= 15 is 0 Å². The summed E-state index contributed by atoms with van der Waals surface area (Å²) in [6.07, 6.45) is 2.79. The molecule has 2 N–H and O–H groups in total. The molecule has 1 fully saturated rings. The number of amides is 2. The quantitative estimate of drug-likeness (QED) is 0.304. The van der Waals surface area contributed by atoms with E-state index in [1.165, 1.54) is 0 Å². The smallest absolute Gasteiger partial charge is 0.243 e. The molecular weight excluding hydrogens is 522 g/mol. The fraction of sp³-hybridized carbons (Fsp3) is 0.375. The standard InChI is InChI=1S/C32H39N3O4S/c1-24(2)22-33-32(37)30(21-26-9-5-3-6-10-26)35(23-27-11-7-4-8-12-27)31(36)20-15-25-13-18-29(19-14-25)40(38,39)34-28-16-17-28/h3-14,18-19,24,28,30,34H,15-17,20-23H2,1-2H3,(H,33,37). The zero-order valence-corrected chi connectivity index (χ0v) is 24.1. The molecular formula is C32H39N3O4S. The van der Waals surface area contributed by atoms with Gasteiger partial charge in [-0.05, 0) is 54.0 Å². The van der Waals surface area contributed by atoms with Crippen LogP contribution in [0.15, 0.2) is 89.8 Å². The van der Waals surface area contributed by atoms with E-state index in [-0.39, 0.29) is 35.1 Å². The topological polar surface area (TPSA) is 95.6 Å². The Bertz CT molecular complexity index is 1360. The van der Waals surface area contributed by atoms with Gasteiger partial charge in [-0.1, -0.05) is 86.6 Å². The van der Waals surface area contributed by atoms with Crippen LogP contribution in [-0.4, -0.2) is 43.8 Å². The number of carbonyl (C=O) groups is 2. The highest BCUT2D eigenvalue weighted by Crippen LogP contribution is 2.23. The van der Waals surface area contributed by atoms with Gasteiger partial charge in [-0.25, -0.2) is 13.1 Å². The Labute approximate surface area is 238 Å². The number of nitrogens with zero attached hydrogens (tertiary/aromatic N) is 1. The third kappa shape index (κ3) is 8.76. The largest absolute Gasteiger partial charge is 0.354 e. The number of carbonyl (C=O) groups excluding carboxylic acids is 2. The van der Waals surface area contributed by atoms with Crippen molar-refractivity contribution in [3.05, 3.63) is 102 Å². The Balaban J connectivity index is 1.52. The van der Waals surface area contributed by atoms with E-state index in [0.717, 1.165) is 29.5 Å². The Morgan fingerprint density at radius 1 is 0.850 bits per heavy atom. The fourth-order valence-corrected chi connectivity index (χ4v) is 5.78. The van der Waals surface area contributed by atoms with E-state index in [1.807, 2.05) is 74.5 Å². The monoisotopic (exact) mass is 561 g/mol. The fourth-order valence-electron chi connectivity index (χ4n) is 4.48. The molecule has 0 aliphatic heterocycles. The van der Waals surface area contributed by atoms with Crippen LogP contribution in [0.3, 0.4) is 0 Å². The van der Waals surface area contributed by atoms with Crippen LogP contribution in [0.4, 0.5) is 0 Å². The van der Waals surface area contributed by atoms with Crippen LogP contribution < -0.4 is 10.0 Å². The van der Waals surface area contributed by atoms with Crippen LogP contribution in [0.25, 0.3) is 0 Å². The molecule has 8 heteroatoms. The van der Waals surface area contributed by atoms with Crippen molar-refractivity contribution in [3.8, 4) is 0 Å². The van der Waals surface area contributed by atoms with E-state index in [9.17, 15) is 18.0 Å². The summed E-state index contributed by atoms with van der Waals surface area (Å²) in [6.45, 7) is 4.93. The highest BCUT2D eigenvalue weighted by molar-refractivity contribution is 7.89. The van der Waals surface area contributed by atoms with Crippen molar-refractivity contribution in [3.63, 3.8) is 0 Å². The molecule has 1 atom stereocenters. The number of hydrogen-bond donors (Lipinski definition) is 2. The van der Waals surface area contributed by atoms with Crippen molar-refractivity contribution in [2.24, 2.45) is 5.92 Å². The van der Waals surface area contributed by atoms with Gasteiger partial charge in [-0.15, -0.1) is 0 Å². The molecule has 212 valence electrons. The van der Waals surface area contributed by atoms with Crippen LogP contribution in [0, 0.1) is 5.92 Å². The number of rotatable bonds is 14. The molecule has 0 aromatic heterocycles. The molecule has 40 heavy (non-hydrogen) atoms. The minimum Gasteiger partial charge on any atom is -0.354 e. The first-order valence-corrected chi connectivity index (χ1v) is 15.5. The maximum absolute atomic E-state index is 13.8. The van der Waals surface area contributed by atoms with Crippen LogP contribution in [0.5, 0.6) is 0 Å². The number of benzene rings is 3. The predicted molar refractivity (Wildman–Crippen MR) is 157 cm³/mol. The summed E-state index contributed by atoms with van der Waals surface area (Å²) in [5.41, 5.74) is 2.79. The lowest BCUT2D eigenvalue weighted by Crippen LogP contribution is -2.51. The summed E-state index contributed by atoms with van der Waals surface area (Å²) in [7, 11) is -3.52. The molecule has 1 unspecified atom stereocenters. The van der Waals surface area contributed by atoms with Crippen molar-refractivity contribution in [2.45, 2.75) is 69.5 Å². The lowest BCUT2D eigenvalue weighted by Gasteiger charge is -2.32. The molecule has 0 radical (unpaired) electrons. The summed E-state index contributed by atoms with van der Waals surface area (Å²) in [6, 6.07) is 25.5. The lowest BCUT2D eigenvalue weighted by atomic mass is 10.0. The minimum atomic E-state index is -3.52. The van der Waals surface area contributed by atoms with Gasteiger partial charge in [0.1, 0.15) is 6.04 Å². The van der Waals surface area contributed by atoms with Gasteiger partial charge in [0.2, 0.25) is 21.8 Å². The van der Waals surface area contributed by atoms with Crippen molar-refractivity contribution in [1.29, 1.82) is 0 Å². The molecule has 0 spiro atoms. The normalized spacial score (nSPS) is 14.1. The molecule has 3 aromatic carbocycles. The first-order chi connectivity index (χ1) is 19.2. The van der Waals surface area contributed by atoms with Crippen molar-refractivity contribution in [2.75, 3.05) is 6.54 Å². The SMILES string of the molecule is CC(C)CNC(=O)C(Cc1ccccc1)N(Cc1ccccc1)C(=O)CCc1ccc(S(=O)(=O)NC2CC2)cc1. The summed E-state index contributed by atoms with van der Waals surface area (Å²) >= 11 is 0. The van der Waals surface area contributed by atoms with E-state index in [4.69, 9.17) is 0 Å². The van der Waals surface area contributed by atoms with Gasteiger partial charge in [-0.2, -0.15) is 0 Å². The highest BCUT2D eigenvalue weighted by atomic mass is 32.2. The van der Waals surface area contributed by atoms with E-state index < -0.39 is 16.1 Å². The summed E-state index contributed by atoms with van der Waals surface area (Å²) in [5.74, 6) is -0.0120. The molecule has 1 aliphatic carbocycles. The van der Waals surface area contributed by atoms with Crippen LogP contribution in [-0.2, 0) is 39.0 Å². The Morgan fingerprint density at radius 3 is 2.02 bits per heavy atom. The minimum absolute atomic E-state index is 0.0412. The van der Waals surface area contributed by atoms with Crippen LogP contribution in [0.1, 0.15) is 49.8 Å². The van der Waals surface area contributed by atoms with Gasteiger partial charge in [0, 0.05) is 32.0 Å². The summed E-state index contributed by atoms with van der Waals surface area (Å²) in [5, 5.41) is 3.04. The molecule has 3 aromatic rings. The lowest BCUT2D eigenvalue weighted by molar-refractivity contribution is -0.141. The molecule has 0 heterocycles. The third-order valence-electron chi connectivity index (χ3n) is 6.91. The molecule has 4 rings (SSSR count). The van der Waals surface area contributed by atoms with Crippen molar-refractivity contribution in [1.82, 2.24) is 14.9 Å². The highest BCUT2D eigenvalue weighted by Gasteiger charge is 2.30. The Hall–Kier alpha value is -3.49. The number of sulfonamides is 1. The van der Waals surface area contributed by atoms with Gasteiger partial charge >= 0.3 is 0 Å². The van der Waals surface area contributed by atoms with Crippen LogP contribution >= 0.6 is 0 Å². The van der Waals surface area contributed by atoms with Gasteiger partial charge in [0.05, 0.1) is 4.90 Å². The molecule has 0 bridgehead atoms. The average molecular weight is 562 g/mol. The van der Waals surface area contributed by atoms with Gasteiger partial charge in [0.15, 0.2) is 0 Å². The second-order valence-corrected chi connectivity index (χ2v) is 12.6. The van der Waals surface area contributed by atoms with Crippen molar-refractivity contribution < 1.29 is 18.0 Å².